The number of halogens is 2. The summed E-state index contributed by atoms with van der Waals surface area (Å²) in [5, 5.41) is 10.5. The molecule has 4 rings (SSSR count). The molecule has 2 aromatic heterocycles. The van der Waals surface area contributed by atoms with E-state index in [9.17, 15) is 9.59 Å². The van der Waals surface area contributed by atoms with E-state index in [2.05, 4.69) is 15.7 Å². The molecule has 28 heavy (non-hydrogen) atoms. The number of rotatable bonds is 5. The molecule has 2 bridgehead atoms. The molecule has 2 aliphatic heterocycles. The van der Waals surface area contributed by atoms with Crippen LogP contribution in [-0.4, -0.2) is 39.9 Å². The van der Waals surface area contributed by atoms with Gasteiger partial charge in [0.1, 0.15) is 5.56 Å². The second-order valence-corrected chi connectivity index (χ2v) is 7.43. The molecule has 0 unspecified atom stereocenters. The van der Waals surface area contributed by atoms with E-state index in [4.69, 9.17) is 0 Å². The third-order valence-electron chi connectivity index (χ3n) is 5.44. The van der Waals surface area contributed by atoms with Crippen molar-refractivity contribution in [3.8, 4) is 0 Å². The summed E-state index contributed by atoms with van der Waals surface area (Å²) in [7, 11) is 1.89. The van der Waals surface area contributed by atoms with Gasteiger partial charge in [0, 0.05) is 44.5 Å². The molecule has 9 heteroatoms. The molecule has 2 atom stereocenters. The van der Waals surface area contributed by atoms with E-state index in [-0.39, 0.29) is 41.8 Å². The van der Waals surface area contributed by atoms with Crippen molar-refractivity contribution in [3.05, 3.63) is 51.7 Å². The fourth-order valence-electron chi connectivity index (χ4n) is 4.15. The number of piperidine rings is 1. The lowest BCUT2D eigenvalue weighted by Gasteiger charge is -2.37. The summed E-state index contributed by atoms with van der Waals surface area (Å²) in [6.07, 6.45) is 6.62. The first-order valence-corrected chi connectivity index (χ1v) is 9.32. The van der Waals surface area contributed by atoms with Crippen LogP contribution in [0.1, 0.15) is 40.4 Å². The van der Waals surface area contributed by atoms with Gasteiger partial charge in [-0.15, -0.1) is 24.8 Å². The smallest absolute Gasteiger partial charge is 0.263 e. The summed E-state index contributed by atoms with van der Waals surface area (Å²) < 4.78 is 3.59. The van der Waals surface area contributed by atoms with Crippen LogP contribution in [-0.2, 0) is 20.0 Å². The third-order valence-corrected chi connectivity index (χ3v) is 5.44. The molecule has 4 heterocycles. The SMILES string of the molecule is Cl.Cl.Cn1cc(CCCNC(=O)c2ccc3n(c2=O)C[C@@H]2CNC[C@H]3C2)cn1. The predicted octanol–water partition coefficient (Wildman–Crippen LogP) is 1.49. The Kier molecular flexibility index (Phi) is 7.69. The van der Waals surface area contributed by atoms with E-state index < -0.39 is 0 Å². The summed E-state index contributed by atoms with van der Waals surface area (Å²) in [6, 6.07) is 3.65. The number of aromatic nitrogens is 3. The topological polar surface area (TPSA) is 81.0 Å². The second kappa shape index (κ2) is 9.58. The summed E-state index contributed by atoms with van der Waals surface area (Å²) in [6.45, 7) is 3.12. The highest BCUT2D eigenvalue weighted by molar-refractivity contribution is 5.93. The van der Waals surface area contributed by atoms with E-state index in [0.717, 1.165) is 43.6 Å². The van der Waals surface area contributed by atoms with Crippen LogP contribution in [0.4, 0.5) is 0 Å². The molecule has 1 fully saturated rings. The zero-order valence-electron chi connectivity index (χ0n) is 15.9. The van der Waals surface area contributed by atoms with Crippen molar-refractivity contribution in [3.63, 3.8) is 0 Å². The molecule has 0 aromatic carbocycles. The molecule has 2 N–H and O–H groups in total. The number of aryl methyl sites for hydroxylation is 2. The molecule has 154 valence electrons. The number of pyridine rings is 1. The van der Waals surface area contributed by atoms with Gasteiger partial charge in [0.25, 0.3) is 11.5 Å². The molecule has 2 aliphatic rings. The van der Waals surface area contributed by atoms with Crippen molar-refractivity contribution < 1.29 is 4.79 Å². The van der Waals surface area contributed by atoms with Gasteiger partial charge in [-0.2, -0.15) is 5.10 Å². The number of hydrogen-bond acceptors (Lipinski definition) is 4. The van der Waals surface area contributed by atoms with Gasteiger partial charge in [-0.3, -0.25) is 14.3 Å². The normalized spacial score (nSPS) is 19.8. The highest BCUT2D eigenvalue weighted by Crippen LogP contribution is 2.31. The first kappa shape index (κ1) is 22.5. The maximum Gasteiger partial charge on any atom is 0.263 e. The fraction of sp³-hybridized carbons (Fsp3) is 0.526. The summed E-state index contributed by atoms with van der Waals surface area (Å²) >= 11 is 0. The third kappa shape index (κ3) is 4.59. The molecule has 0 radical (unpaired) electrons. The number of hydrogen-bond donors (Lipinski definition) is 2. The maximum atomic E-state index is 12.8. The van der Waals surface area contributed by atoms with Crippen molar-refractivity contribution in [2.24, 2.45) is 13.0 Å². The van der Waals surface area contributed by atoms with E-state index in [1.54, 1.807) is 10.7 Å². The average molecular weight is 428 g/mol. The largest absolute Gasteiger partial charge is 0.352 e. The number of nitrogens with one attached hydrogen (secondary N) is 2. The minimum absolute atomic E-state index is 0. The highest BCUT2D eigenvalue weighted by Gasteiger charge is 2.31. The van der Waals surface area contributed by atoms with Crippen LogP contribution in [0.3, 0.4) is 0 Å². The second-order valence-electron chi connectivity index (χ2n) is 7.43. The number of nitrogens with zero attached hydrogens (tertiary/aromatic N) is 3. The molecule has 0 saturated carbocycles. The Bertz CT molecular complexity index is 879. The number of amides is 1. The van der Waals surface area contributed by atoms with Crippen molar-refractivity contribution in [1.29, 1.82) is 0 Å². The summed E-state index contributed by atoms with van der Waals surface area (Å²) in [5.74, 6) is 0.592. The first-order valence-electron chi connectivity index (χ1n) is 9.32. The number of carbonyl (C=O) groups excluding carboxylic acids is 1. The van der Waals surface area contributed by atoms with Crippen molar-refractivity contribution in [2.45, 2.75) is 31.7 Å². The summed E-state index contributed by atoms with van der Waals surface area (Å²) in [4.78, 5) is 25.3. The van der Waals surface area contributed by atoms with Crippen LogP contribution >= 0.6 is 24.8 Å². The Balaban J connectivity index is 0.00000140. The molecule has 7 nitrogen and oxygen atoms in total. The van der Waals surface area contributed by atoms with E-state index in [0.29, 0.717) is 24.9 Å². The Labute approximate surface area is 176 Å². The lowest BCUT2D eigenvalue weighted by molar-refractivity contribution is 0.0950. The first-order chi connectivity index (χ1) is 12.6. The van der Waals surface area contributed by atoms with Crippen LogP contribution in [0.2, 0.25) is 0 Å². The van der Waals surface area contributed by atoms with E-state index in [1.165, 1.54) is 0 Å². The van der Waals surface area contributed by atoms with Gasteiger partial charge in [-0.25, -0.2) is 0 Å². The molecule has 0 aliphatic carbocycles. The quantitative estimate of drug-likeness (QED) is 0.708. The molecule has 2 aromatic rings. The zero-order valence-corrected chi connectivity index (χ0v) is 17.5. The minimum Gasteiger partial charge on any atom is -0.352 e. The molecular formula is C19H27Cl2N5O2. The molecular weight excluding hydrogens is 401 g/mol. The van der Waals surface area contributed by atoms with Gasteiger partial charge < -0.3 is 15.2 Å². The van der Waals surface area contributed by atoms with Crippen molar-refractivity contribution in [1.82, 2.24) is 25.0 Å². The Morgan fingerprint density at radius 3 is 2.89 bits per heavy atom. The minimum atomic E-state index is -0.273. The van der Waals surface area contributed by atoms with Crippen molar-refractivity contribution in [2.75, 3.05) is 19.6 Å². The Morgan fingerprint density at radius 2 is 2.14 bits per heavy atom. The number of fused-ring (bicyclic) bond motifs is 4. The maximum absolute atomic E-state index is 12.8. The van der Waals surface area contributed by atoms with Crippen LogP contribution in [0.5, 0.6) is 0 Å². The lowest BCUT2D eigenvalue weighted by Crippen LogP contribution is -2.46. The van der Waals surface area contributed by atoms with Gasteiger partial charge in [-0.1, -0.05) is 0 Å². The van der Waals surface area contributed by atoms with Crippen LogP contribution in [0, 0.1) is 5.92 Å². The molecule has 1 saturated heterocycles. The van der Waals surface area contributed by atoms with E-state index in [1.807, 2.05) is 30.1 Å². The summed E-state index contributed by atoms with van der Waals surface area (Å²) in [5.41, 5.74) is 2.31. The van der Waals surface area contributed by atoms with Gasteiger partial charge in [0.2, 0.25) is 0 Å². The van der Waals surface area contributed by atoms with Crippen LogP contribution < -0.4 is 16.2 Å². The van der Waals surface area contributed by atoms with Crippen LogP contribution in [0.25, 0.3) is 0 Å². The van der Waals surface area contributed by atoms with Gasteiger partial charge in [0.05, 0.1) is 6.20 Å². The lowest BCUT2D eigenvalue weighted by atomic mass is 9.84. The monoisotopic (exact) mass is 427 g/mol. The fourth-order valence-corrected chi connectivity index (χ4v) is 4.15. The van der Waals surface area contributed by atoms with Gasteiger partial charge in [0.15, 0.2) is 0 Å². The standard InChI is InChI=1S/C19H25N5O2.2ClH/c1-23-11-13(9-22-23)3-2-6-21-18(25)16-4-5-17-15-7-14(8-20-10-15)12-24(17)19(16)26;;/h4-5,9,11,14-15,20H,2-3,6-8,10,12H2,1H3,(H,21,25);2*1H/t14-,15+;;/m0../s1. The van der Waals surface area contributed by atoms with Crippen molar-refractivity contribution >= 4 is 30.7 Å². The zero-order chi connectivity index (χ0) is 18.1. The molecule has 1 amide bonds. The highest BCUT2D eigenvalue weighted by atomic mass is 35.5. The molecule has 0 spiro atoms. The average Bonchev–Trinajstić information content (AvgIpc) is 3.05. The van der Waals surface area contributed by atoms with Gasteiger partial charge >= 0.3 is 0 Å². The van der Waals surface area contributed by atoms with E-state index >= 15 is 0 Å². The predicted molar refractivity (Wildman–Crippen MR) is 113 cm³/mol. The number of carbonyl (C=O) groups is 1. The Hall–Kier alpha value is -1.83. The van der Waals surface area contributed by atoms with Gasteiger partial charge in [-0.05, 0) is 49.4 Å². The van der Waals surface area contributed by atoms with Crippen LogP contribution in [0.15, 0.2) is 29.3 Å². The Morgan fingerprint density at radius 1 is 1.32 bits per heavy atom.